The third-order valence-corrected chi connectivity index (χ3v) is 3.88. The molecule has 0 heterocycles. The Hall–Kier alpha value is -0.120. The first-order valence-corrected chi connectivity index (χ1v) is 7.63. The van der Waals surface area contributed by atoms with Crippen molar-refractivity contribution in [1.82, 2.24) is 10.2 Å². The van der Waals surface area contributed by atoms with Crippen molar-refractivity contribution < 1.29 is 5.11 Å². The molecule has 18 heavy (non-hydrogen) atoms. The van der Waals surface area contributed by atoms with Crippen molar-refractivity contribution in [1.29, 1.82) is 0 Å². The standard InChI is InChI=1S/C15H30N2O/c1-12(2)16-10-15(3,18)11-17(8-13-4-5-13)9-14-6-7-14/h12-14,16,18H,4-11H2,1-3H3. The van der Waals surface area contributed by atoms with Crippen LogP contribution in [0.15, 0.2) is 0 Å². The molecule has 0 bridgehead atoms. The van der Waals surface area contributed by atoms with Gasteiger partial charge in [-0.15, -0.1) is 0 Å². The highest BCUT2D eigenvalue weighted by Crippen LogP contribution is 2.34. The molecule has 2 aliphatic carbocycles. The molecule has 3 nitrogen and oxygen atoms in total. The Morgan fingerprint density at radius 3 is 2.06 bits per heavy atom. The maximum Gasteiger partial charge on any atom is 0.0869 e. The molecule has 0 amide bonds. The summed E-state index contributed by atoms with van der Waals surface area (Å²) in [4.78, 5) is 2.51. The van der Waals surface area contributed by atoms with Gasteiger partial charge in [0.15, 0.2) is 0 Å². The zero-order chi connectivity index (χ0) is 13.2. The van der Waals surface area contributed by atoms with E-state index in [4.69, 9.17) is 0 Å². The predicted octanol–water partition coefficient (Wildman–Crippen LogP) is 1.86. The first-order valence-electron chi connectivity index (χ1n) is 7.63. The Morgan fingerprint density at radius 2 is 1.67 bits per heavy atom. The highest BCUT2D eigenvalue weighted by atomic mass is 16.3. The summed E-state index contributed by atoms with van der Waals surface area (Å²) in [5, 5.41) is 13.8. The molecule has 3 heteroatoms. The summed E-state index contributed by atoms with van der Waals surface area (Å²) in [6.07, 6.45) is 5.59. The molecular formula is C15H30N2O. The van der Waals surface area contributed by atoms with Gasteiger partial charge in [-0.1, -0.05) is 13.8 Å². The normalized spacial score (nSPS) is 23.7. The molecule has 0 aromatic rings. The van der Waals surface area contributed by atoms with Gasteiger partial charge in [-0.25, -0.2) is 0 Å². The predicted molar refractivity (Wildman–Crippen MR) is 75.7 cm³/mol. The van der Waals surface area contributed by atoms with Gasteiger partial charge in [0, 0.05) is 32.2 Å². The summed E-state index contributed by atoms with van der Waals surface area (Å²) in [6.45, 7) is 10.1. The van der Waals surface area contributed by atoms with Crippen molar-refractivity contribution >= 4 is 0 Å². The van der Waals surface area contributed by atoms with Crippen LogP contribution >= 0.6 is 0 Å². The lowest BCUT2D eigenvalue weighted by Gasteiger charge is -2.32. The molecule has 1 atom stereocenters. The van der Waals surface area contributed by atoms with Gasteiger partial charge in [-0.3, -0.25) is 4.90 Å². The summed E-state index contributed by atoms with van der Waals surface area (Å²) in [6, 6.07) is 0.441. The van der Waals surface area contributed by atoms with Crippen molar-refractivity contribution in [2.75, 3.05) is 26.2 Å². The number of nitrogens with zero attached hydrogens (tertiary/aromatic N) is 1. The van der Waals surface area contributed by atoms with Gasteiger partial charge in [-0.05, 0) is 44.4 Å². The molecule has 2 rings (SSSR count). The van der Waals surface area contributed by atoms with Crippen molar-refractivity contribution in [3.63, 3.8) is 0 Å². The average Bonchev–Trinajstić information content (AvgIpc) is 3.10. The van der Waals surface area contributed by atoms with Gasteiger partial charge in [0.25, 0.3) is 0 Å². The summed E-state index contributed by atoms with van der Waals surface area (Å²) in [5.74, 6) is 1.83. The lowest BCUT2D eigenvalue weighted by atomic mass is 10.1. The molecule has 2 saturated carbocycles. The second-order valence-corrected chi connectivity index (χ2v) is 7.11. The number of hydrogen-bond donors (Lipinski definition) is 2. The number of aliphatic hydroxyl groups is 1. The number of hydrogen-bond acceptors (Lipinski definition) is 3. The molecule has 0 saturated heterocycles. The molecule has 2 N–H and O–H groups in total. The van der Waals surface area contributed by atoms with Crippen LogP contribution in [0.5, 0.6) is 0 Å². The summed E-state index contributed by atoms with van der Waals surface area (Å²) in [5.41, 5.74) is -0.603. The van der Waals surface area contributed by atoms with E-state index in [0.717, 1.165) is 18.4 Å². The van der Waals surface area contributed by atoms with Crippen molar-refractivity contribution in [3.05, 3.63) is 0 Å². The minimum Gasteiger partial charge on any atom is -0.388 e. The summed E-state index contributed by atoms with van der Waals surface area (Å²) < 4.78 is 0. The molecule has 0 radical (unpaired) electrons. The van der Waals surface area contributed by atoms with Gasteiger partial charge in [0.2, 0.25) is 0 Å². The van der Waals surface area contributed by atoms with E-state index in [1.54, 1.807) is 0 Å². The minimum atomic E-state index is -0.603. The maximum atomic E-state index is 10.5. The van der Waals surface area contributed by atoms with Crippen LogP contribution in [0.2, 0.25) is 0 Å². The van der Waals surface area contributed by atoms with Crippen LogP contribution in [0.25, 0.3) is 0 Å². The zero-order valence-corrected chi connectivity index (χ0v) is 12.3. The second kappa shape index (κ2) is 5.89. The molecule has 2 fully saturated rings. The van der Waals surface area contributed by atoms with E-state index in [1.807, 2.05) is 6.92 Å². The zero-order valence-electron chi connectivity index (χ0n) is 12.3. The first-order chi connectivity index (χ1) is 8.44. The smallest absolute Gasteiger partial charge is 0.0869 e. The molecule has 0 spiro atoms. The Bertz CT molecular complexity index is 243. The lowest BCUT2D eigenvalue weighted by Crippen LogP contribution is -2.49. The Balaban J connectivity index is 1.76. The van der Waals surface area contributed by atoms with E-state index in [9.17, 15) is 5.11 Å². The third kappa shape index (κ3) is 5.68. The Morgan fingerprint density at radius 1 is 1.17 bits per heavy atom. The topological polar surface area (TPSA) is 35.5 Å². The fraction of sp³-hybridized carbons (Fsp3) is 1.00. The van der Waals surface area contributed by atoms with Crippen LogP contribution in [0.1, 0.15) is 46.5 Å². The van der Waals surface area contributed by atoms with Crippen LogP contribution in [0.4, 0.5) is 0 Å². The summed E-state index contributed by atoms with van der Waals surface area (Å²) >= 11 is 0. The van der Waals surface area contributed by atoms with Crippen LogP contribution in [0, 0.1) is 11.8 Å². The van der Waals surface area contributed by atoms with Crippen molar-refractivity contribution in [2.24, 2.45) is 11.8 Å². The van der Waals surface area contributed by atoms with Gasteiger partial charge in [0.1, 0.15) is 0 Å². The molecular weight excluding hydrogens is 224 g/mol. The van der Waals surface area contributed by atoms with E-state index >= 15 is 0 Å². The average molecular weight is 254 g/mol. The second-order valence-electron chi connectivity index (χ2n) is 7.11. The van der Waals surface area contributed by atoms with E-state index in [2.05, 4.69) is 24.1 Å². The van der Waals surface area contributed by atoms with Crippen LogP contribution in [0.3, 0.4) is 0 Å². The minimum absolute atomic E-state index is 0.441. The highest BCUT2D eigenvalue weighted by molar-refractivity contribution is 4.87. The Kier molecular flexibility index (Phi) is 4.68. The molecule has 106 valence electrons. The maximum absolute atomic E-state index is 10.5. The third-order valence-electron chi connectivity index (χ3n) is 3.88. The first kappa shape index (κ1) is 14.3. The van der Waals surface area contributed by atoms with Gasteiger partial charge < -0.3 is 10.4 Å². The molecule has 0 aromatic carbocycles. The molecule has 1 unspecified atom stereocenters. The quantitative estimate of drug-likeness (QED) is 0.659. The van der Waals surface area contributed by atoms with Gasteiger partial charge in [-0.2, -0.15) is 0 Å². The van der Waals surface area contributed by atoms with E-state index in [-0.39, 0.29) is 0 Å². The molecule has 0 aliphatic heterocycles. The monoisotopic (exact) mass is 254 g/mol. The number of rotatable bonds is 9. The van der Waals surface area contributed by atoms with Crippen LogP contribution in [-0.2, 0) is 0 Å². The van der Waals surface area contributed by atoms with Gasteiger partial charge in [0.05, 0.1) is 5.60 Å². The fourth-order valence-corrected chi connectivity index (χ4v) is 2.50. The number of nitrogens with one attached hydrogen (secondary N) is 1. The highest BCUT2D eigenvalue weighted by Gasteiger charge is 2.32. The van der Waals surface area contributed by atoms with Crippen molar-refractivity contribution in [2.45, 2.75) is 58.1 Å². The van der Waals surface area contributed by atoms with Gasteiger partial charge >= 0.3 is 0 Å². The summed E-state index contributed by atoms with van der Waals surface area (Å²) in [7, 11) is 0. The van der Waals surface area contributed by atoms with E-state index in [1.165, 1.54) is 38.8 Å². The lowest BCUT2D eigenvalue weighted by molar-refractivity contribution is 0.0160. The van der Waals surface area contributed by atoms with Crippen LogP contribution in [-0.4, -0.2) is 47.8 Å². The largest absolute Gasteiger partial charge is 0.388 e. The van der Waals surface area contributed by atoms with Crippen molar-refractivity contribution in [3.8, 4) is 0 Å². The molecule has 0 aromatic heterocycles. The fourth-order valence-electron chi connectivity index (χ4n) is 2.50. The SMILES string of the molecule is CC(C)NCC(C)(O)CN(CC1CC1)CC1CC1. The molecule has 2 aliphatic rings. The van der Waals surface area contributed by atoms with E-state index in [0.29, 0.717) is 12.6 Å². The van der Waals surface area contributed by atoms with E-state index < -0.39 is 5.60 Å². The van der Waals surface area contributed by atoms with Crippen LogP contribution < -0.4 is 5.32 Å². The Labute approximate surface area is 112 Å².